The van der Waals surface area contributed by atoms with Gasteiger partial charge in [0.05, 0.1) is 0 Å². The molecule has 0 fully saturated rings. The smallest absolute Gasteiger partial charge is 0.120 e. The van der Waals surface area contributed by atoms with Crippen LogP contribution in [0.2, 0.25) is 0 Å². The summed E-state index contributed by atoms with van der Waals surface area (Å²) in [5, 5.41) is 9.20. The molecule has 11 heavy (non-hydrogen) atoms. The summed E-state index contributed by atoms with van der Waals surface area (Å²) in [7, 11) is 0. The number of aliphatic hydroxyl groups is 1. The third-order valence-electron chi connectivity index (χ3n) is 1.63. The summed E-state index contributed by atoms with van der Waals surface area (Å²) in [6, 6.07) is 7.56. The number of aliphatic hydroxyl groups excluding tert-OH is 1. The summed E-state index contributed by atoms with van der Waals surface area (Å²) < 4.78 is 0. The van der Waals surface area contributed by atoms with E-state index in [0.717, 1.165) is 11.1 Å². The van der Waals surface area contributed by atoms with Gasteiger partial charge >= 0.3 is 0 Å². The monoisotopic (exact) mass is 150 g/mol. The molecule has 1 rings (SSSR count). The molecule has 2 heteroatoms. The van der Waals surface area contributed by atoms with Crippen LogP contribution in [0.5, 0.6) is 0 Å². The van der Waals surface area contributed by atoms with Gasteiger partial charge in [0.1, 0.15) is 6.10 Å². The van der Waals surface area contributed by atoms with Crippen molar-refractivity contribution in [3.05, 3.63) is 41.5 Å². The van der Waals surface area contributed by atoms with E-state index in [9.17, 15) is 5.11 Å². The predicted molar refractivity (Wildman–Crippen MR) is 44.3 cm³/mol. The molecule has 0 saturated carbocycles. The van der Waals surface area contributed by atoms with Gasteiger partial charge in [-0.3, -0.25) is 0 Å². The molecule has 0 aliphatic carbocycles. The lowest BCUT2D eigenvalue weighted by Gasteiger charge is -2.07. The lowest BCUT2D eigenvalue weighted by atomic mass is 10.0. The second-order valence-electron chi connectivity index (χ2n) is 2.45. The summed E-state index contributed by atoms with van der Waals surface area (Å²) in [5.74, 6) is 0. The highest BCUT2D eigenvalue weighted by Crippen LogP contribution is 2.15. The molecule has 2 nitrogen and oxygen atoms in total. The number of rotatable bonds is 2. The molecule has 1 radical (unpaired) electrons. The van der Waals surface area contributed by atoms with Gasteiger partial charge in [0.25, 0.3) is 0 Å². The third kappa shape index (κ3) is 1.79. The molecule has 0 heterocycles. The molecule has 0 amide bonds. The highest BCUT2D eigenvalue weighted by atomic mass is 16.3. The molecular formula is C9H12NO. The highest BCUT2D eigenvalue weighted by Gasteiger charge is 2.05. The van der Waals surface area contributed by atoms with E-state index < -0.39 is 0 Å². The van der Waals surface area contributed by atoms with Crippen LogP contribution in [0.15, 0.2) is 24.3 Å². The van der Waals surface area contributed by atoms with Crippen LogP contribution in [-0.4, -0.2) is 5.11 Å². The predicted octanol–water partition coefficient (Wildman–Crippen LogP) is 1.42. The Morgan fingerprint density at radius 1 is 1.45 bits per heavy atom. The van der Waals surface area contributed by atoms with Gasteiger partial charge in [-0.05, 0) is 18.1 Å². The first-order chi connectivity index (χ1) is 5.25. The zero-order valence-corrected chi connectivity index (χ0v) is 6.54. The molecule has 59 valence electrons. The van der Waals surface area contributed by atoms with Crippen molar-refractivity contribution in [2.24, 2.45) is 5.73 Å². The fourth-order valence-corrected chi connectivity index (χ4v) is 1.05. The Bertz CT molecular complexity index is 233. The van der Waals surface area contributed by atoms with E-state index in [4.69, 9.17) is 5.73 Å². The van der Waals surface area contributed by atoms with Crippen molar-refractivity contribution in [2.75, 3.05) is 0 Å². The standard InChI is InChI=1S/C9H12NO/c1-7(11)9-5-3-2-4-8(9)6-10/h2-5,11H,6,10H2,1H3. The normalized spacial score (nSPS) is 10.5. The summed E-state index contributed by atoms with van der Waals surface area (Å²) in [6.07, 6.45) is 0.325. The lowest BCUT2D eigenvalue weighted by molar-refractivity contribution is 0.340. The summed E-state index contributed by atoms with van der Waals surface area (Å²) in [4.78, 5) is 0. The Hall–Kier alpha value is -0.860. The van der Waals surface area contributed by atoms with E-state index in [-0.39, 0.29) is 0 Å². The third-order valence-corrected chi connectivity index (χ3v) is 1.63. The van der Waals surface area contributed by atoms with Crippen LogP contribution < -0.4 is 5.73 Å². The molecule has 0 bridgehead atoms. The Balaban J connectivity index is 3.02. The van der Waals surface area contributed by atoms with Gasteiger partial charge in [0.15, 0.2) is 0 Å². The van der Waals surface area contributed by atoms with Gasteiger partial charge < -0.3 is 10.8 Å². The van der Waals surface area contributed by atoms with Gasteiger partial charge in [0.2, 0.25) is 0 Å². The highest BCUT2D eigenvalue weighted by molar-refractivity contribution is 5.34. The van der Waals surface area contributed by atoms with Gasteiger partial charge in [-0.1, -0.05) is 24.3 Å². The maximum Gasteiger partial charge on any atom is 0.120 e. The molecule has 0 unspecified atom stereocenters. The molecular weight excluding hydrogens is 138 g/mol. The number of hydrogen-bond acceptors (Lipinski definition) is 2. The number of hydrogen-bond donors (Lipinski definition) is 2. The minimum atomic E-state index is 0.325. The Morgan fingerprint density at radius 2 is 2.09 bits per heavy atom. The van der Waals surface area contributed by atoms with Crippen molar-refractivity contribution in [3.8, 4) is 0 Å². The van der Waals surface area contributed by atoms with E-state index in [2.05, 4.69) is 0 Å². The Labute approximate surface area is 66.7 Å². The van der Waals surface area contributed by atoms with Crippen LogP contribution in [0.4, 0.5) is 0 Å². The van der Waals surface area contributed by atoms with Gasteiger partial charge in [-0.25, -0.2) is 0 Å². The second kappa shape index (κ2) is 3.51. The topological polar surface area (TPSA) is 46.2 Å². The van der Waals surface area contributed by atoms with E-state index in [0.29, 0.717) is 12.6 Å². The summed E-state index contributed by atoms with van der Waals surface area (Å²) >= 11 is 0. The minimum Gasteiger partial charge on any atom is -0.382 e. The van der Waals surface area contributed by atoms with E-state index in [1.165, 1.54) is 0 Å². The van der Waals surface area contributed by atoms with E-state index in [1.54, 1.807) is 6.92 Å². The molecule has 1 aromatic carbocycles. The summed E-state index contributed by atoms with van der Waals surface area (Å²) in [6.45, 7) is 2.13. The van der Waals surface area contributed by atoms with Crippen molar-refractivity contribution in [2.45, 2.75) is 13.5 Å². The SMILES string of the molecule is C[C](O)c1ccccc1CN. The molecule has 3 N–H and O–H groups in total. The van der Waals surface area contributed by atoms with Crippen LogP contribution in [0.3, 0.4) is 0 Å². The minimum absolute atomic E-state index is 0.325. The first kappa shape index (κ1) is 8.24. The van der Waals surface area contributed by atoms with E-state index >= 15 is 0 Å². The Morgan fingerprint density at radius 3 is 2.55 bits per heavy atom. The first-order valence-corrected chi connectivity index (χ1v) is 3.56. The first-order valence-electron chi connectivity index (χ1n) is 3.56. The number of nitrogens with two attached hydrogens (primary N) is 1. The zero-order valence-electron chi connectivity index (χ0n) is 6.54. The molecule has 1 aromatic rings. The number of benzene rings is 1. The average Bonchev–Trinajstić information content (AvgIpc) is 2.04. The van der Waals surface area contributed by atoms with Gasteiger partial charge in [0, 0.05) is 6.54 Å². The van der Waals surface area contributed by atoms with Crippen molar-refractivity contribution in [1.82, 2.24) is 0 Å². The fourth-order valence-electron chi connectivity index (χ4n) is 1.05. The second-order valence-corrected chi connectivity index (χ2v) is 2.45. The quantitative estimate of drug-likeness (QED) is 0.669. The largest absolute Gasteiger partial charge is 0.382 e. The van der Waals surface area contributed by atoms with Crippen LogP contribution >= 0.6 is 0 Å². The molecule has 0 saturated heterocycles. The van der Waals surface area contributed by atoms with Gasteiger partial charge in [-0.15, -0.1) is 0 Å². The fraction of sp³-hybridized carbons (Fsp3) is 0.222. The maximum atomic E-state index is 9.20. The molecule has 0 aliphatic rings. The lowest BCUT2D eigenvalue weighted by Crippen LogP contribution is -2.03. The van der Waals surface area contributed by atoms with Crippen LogP contribution in [-0.2, 0) is 6.54 Å². The molecule has 0 atom stereocenters. The van der Waals surface area contributed by atoms with Crippen molar-refractivity contribution >= 4 is 0 Å². The van der Waals surface area contributed by atoms with Crippen LogP contribution in [0.25, 0.3) is 0 Å². The van der Waals surface area contributed by atoms with Crippen LogP contribution in [0, 0.1) is 6.10 Å². The van der Waals surface area contributed by atoms with Crippen molar-refractivity contribution < 1.29 is 5.11 Å². The molecule has 0 spiro atoms. The van der Waals surface area contributed by atoms with Crippen LogP contribution in [0.1, 0.15) is 18.1 Å². The van der Waals surface area contributed by atoms with Crippen molar-refractivity contribution in [3.63, 3.8) is 0 Å². The van der Waals surface area contributed by atoms with Gasteiger partial charge in [-0.2, -0.15) is 0 Å². The molecule has 0 aliphatic heterocycles. The average molecular weight is 150 g/mol. The van der Waals surface area contributed by atoms with E-state index in [1.807, 2.05) is 24.3 Å². The molecule has 0 aromatic heterocycles. The summed E-state index contributed by atoms with van der Waals surface area (Å²) in [5.41, 5.74) is 7.29. The maximum absolute atomic E-state index is 9.20. The van der Waals surface area contributed by atoms with Crippen molar-refractivity contribution in [1.29, 1.82) is 0 Å². The zero-order chi connectivity index (χ0) is 8.27. The Kier molecular flexibility index (Phi) is 2.63.